The Morgan fingerprint density at radius 1 is 1.23 bits per heavy atom. The minimum Gasteiger partial charge on any atom is -0.493 e. The molecule has 1 aliphatic heterocycles. The fourth-order valence-electron chi connectivity index (χ4n) is 3.26. The van der Waals surface area contributed by atoms with E-state index in [0.29, 0.717) is 13.2 Å². The molecule has 2 aromatic rings. The predicted molar refractivity (Wildman–Crippen MR) is 112 cm³/mol. The maximum absolute atomic E-state index is 12.8. The third-order valence-electron chi connectivity index (χ3n) is 4.68. The van der Waals surface area contributed by atoms with Gasteiger partial charge in [-0.3, -0.25) is 14.5 Å². The number of hydrogen-bond donors (Lipinski definition) is 1. The molecule has 0 aromatic carbocycles. The van der Waals surface area contributed by atoms with Crippen LogP contribution in [-0.4, -0.2) is 63.3 Å². The Morgan fingerprint density at radius 3 is 2.77 bits per heavy atom. The second-order valence-corrected chi connectivity index (χ2v) is 8.92. The first-order valence-corrected chi connectivity index (χ1v) is 11.4. The number of unbranched alkanes of at least 4 members (excludes halogenated alkanes) is 1. The highest BCUT2D eigenvalue weighted by atomic mass is 32.2. The van der Waals surface area contributed by atoms with Crippen molar-refractivity contribution >= 4 is 27.5 Å². The van der Waals surface area contributed by atoms with Gasteiger partial charge in [-0.1, -0.05) is 6.07 Å². The molecule has 1 atom stereocenters. The van der Waals surface area contributed by atoms with E-state index in [1.165, 1.54) is 31.5 Å². The maximum Gasteiger partial charge on any atom is 0.269 e. The first-order chi connectivity index (χ1) is 14.9. The number of hydrogen-bond acceptors (Lipinski definition) is 8. The molecule has 1 unspecified atom stereocenters. The number of pyridine rings is 2. The van der Waals surface area contributed by atoms with E-state index in [4.69, 9.17) is 9.47 Å². The number of anilines is 1. The molecule has 0 radical (unpaired) electrons. The number of carbonyl (C=O) groups is 2. The lowest BCUT2D eigenvalue weighted by atomic mass is 10.2. The third kappa shape index (κ3) is 5.00. The van der Waals surface area contributed by atoms with Crippen LogP contribution >= 0.6 is 0 Å². The van der Waals surface area contributed by atoms with E-state index in [2.05, 4.69) is 15.3 Å². The van der Waals surface area contributed by atoms with Crippen LogP contribution in [0.1, 0.15) is 34.4 Å². The monoisotopic (exact) mass is 448 g/mol. The van der Waals surface area contributed by atoms with Gasteiger partial charge in [0.05, 0.1) is 12.8 Å². The van der Waals surface area contributed by atoms with Crippen LogP contribution in [0.4, 0.5) is 5.82 Å². The maximum atomic E-state index is 12.8. The van der Waals surface area contributed by atoms with Gasteiger partial charge in [-0.15, -0.1) is 0 Å². The van der Waals surface area contributed by atoms with Gasteiger partial charge in [-0.05, 0) is 37.1 Å². The van der Waals surface area contributed by atoms with Crippen LogP contribution in [0.3, 0.4) is 0 Å². The molecule has 10 nitrogen and oxygen atoms in total. The number of methoxy groups -OCH3 is 2. The fraction of sp³-hybridized carbons (Fsp3) is 0.400. The average Bonchev–Trinajstić information content (AvgIpc) is 3.01. The van der Waals surface area contributed by atoms with E-state index >= 15 is 0 Å². The molecule has 2 aromatic heterocycles. The van der Waals surface area contributed by atoms with Crippen molar-refractivity contribution in [1.29, 1.82) is 0 Å². The molecule has 1 fully saturated rings. The van der Waals surface area contributed by atoms with Crippen LogP contribution < -0.4 is 15.0 Å². The minimum absolute atomic E-state index is 0.0607. The second-order valence-electron chi connectivity index (χ2n) is 6.86. The zero-order valence-electron chi connectivity index (χ0n) is 17.3. The topological polar surface area (TPSA) is 128 Å². The summed E-state index contributed by atoms with van der Waals surface area (Å²) in [5, 5.41) is 1.34. The zero-order valence-corrected chi connectivity index (χ0v) is 18.1. The standard InChI is InChI=1S/C20H24N4O6S/c1-29-12-4-3-10-22-19(26)14-7-5-8-15(23-14)20-24(17(25)13-31(20,27)28)18-16(30-2)9-6-11-21-18/h5-9,11,20H,3-4,10,12-13H2,1-2H3,(H,22,26). The molecule has 1 aliphatic rings. The smallest absolute Gasteiger partial charge is 0.269 e. The molecule has 0 saturated carbocycles. The van der Waals surface area contributed by atoms with E-state index in [1.807, 2.05) is 0 Å². The van der Waals surface area contributed by atoms with Crippen LogP contribution in [-0.2, 0) is 19.4 Å². The van der Waals surface area contributed by atoms with Gasteiger partial charge in [0.1, 0.15) is 11.4 Å². The van der Waals surface area contributed by atoms with Crippen LogP contribution in [0.25, 0.3) is 0 Å². The summed E-state index contributed by atoms with van der Waals surface area (Å²) in [7, 11) is -0.895. The van der Waals surface area contributed by atoms with E-state index < -0.39 is 32.8 Å². The molecular formula is C20H24N4O6S. The quantitative estimate of drug-likeness (QED) is 0.565. The average molecular weight is 449 g/mol. The van der Waals surface area contributed by atoms with Crippen LogP contribution in [0.15, 0.2) is 36.5 Å². The Labute approximate surface area is 180 Å². The van der Waals surface area contributed by atoms with Gasteiger partial charge in [0, 0.05) is 26.5 Å². The van der Waals surface area contributed by atoms with Crippen molar-refractivity contribution in [3.05, 3.63) is 47.9 Å². The van der Waals surface area contributed by atoms with Crippen molar-refractivity contribution in [2.45, 2.75) is 18.2 Å². The van der Waals surface area contributed by atoms with Gasteiger partial charge in [0.2, 0.25) is 5.91 Å². The van der Waals surface area contributed by atoms with Gasteiger partial charge >= 0.3 is 0 Å². The van der Waals surface area contributed by atoms with Crippen molar-refractivity contribution in [3.63, 3.8) is 0 Å². The summed E-state index contributed by atoms with van der Waals surface area (Å²) >= 11 is 0. The molecule has 2 amide bonds. The Kier molecular flexibility index (Phi) is 7.18. The fourth-order valence-corrected chi connectivity index (χ4v) is 4.94. The number of aromatic nitrogens is 2. The lowest BCUT2D eigenvalue weighted by Crippen LogP contribution is -2.31. The lowest BCUT2D eigenvalue weighted by molar-refractivity contribution is -0.115. The highest BCUT2D eigenvalue weighted by Gasteiger charge is 2.48. The lowest BCUT2D eigenvalue weighted by Gasteiger charge is -2.23. The number of carbonyl (C=O) groups excluding carboxylic acids is 2. The van der Waals surface area contributed by atoms with E-state index in [1.54, 1.807) is 19.2 Å². The summed E-state index contributed by atoms with van der Waals surface area (Å²) in [6.07, 6.45) is 2.97. The zero-order chi connectivity index (χ0) is 22.4. The number of amides is 2. The highest BCUT2D eigenvalue weighted by molar-refractivity contribution is 7.93. The summed E-state index contributed by atoms with van der Waals surface area (Å²) in [4.78, 5) is 34.5. The number of nitrogens with one attached hydrogen (secondary N) is 1. The van der Waals surface area contributed by atoms with Gasteiger partial charge < -0.3 is 14.8 Å². The van der Waals surface area contributed by atoms with Gasteiger partial charge in [-0.2, -0.15) is 0 Å². The third-order valence-corrected chi connectivity index (χ3v) is 6.47. The van der Waals surface area contributed by atoms with Crippen molar-refractivity contribution in [2.75, 3.05) is 38.0 Å². The summed E-state index contributed by atoms with van der Waals surface area (Å²) in [5.74, 6) is -1.42. The minimum atomic E-state index is -3.91. The molecule has 1 saturated heterocycles. The van der Waals surface area contributed by atoms with Gasteiger partial charge in [-0.25, -0.2) is 18.4 Å². The van der Waals surface area contributed by atoms with Crippen LogP contribution in [0.2, 0.25) is 0 Å². The largest absolute Gasteiger partial charge is 0.493 e. The number of rotatable bonds is 9. The Bertz CT molecular complexity index is 1060. The number of ether oxygens (including phenoxy) is 2. The highest BCUT2D eigenvalue weighted by Crippen LogP contribution is 2.39. The van der Waals surface area contributed by atoms with Crippen molar-refractivity contribution in [1.82, 2.24) is 15.3 Å². The molecule has 0 bridgehead atoms. The summed E-state index contributed by atoms with van der Waals surface area (Å²) in [5.41, 5.74) is 0.123. The molecule has 0 spiro atoms. The summed E-state index contributed by atoms with van der Waals surface area (Å²) in [6.45, 7) is 1.04. The Morgan fingerprint density at radius 2 is 2.03 bits per heavy atom. The molecular weight excluding hydrogens is 424 g/mol. The molecule has 0 aliphatic carbocycles. The van der Waals surface area contributed by atoms with Gasteiger partial charge in [0.25, 0.3) is 5.91 Å². The van der Waals surface area contributed by atoms with Crippen molar-refractivity contribution in [2.24, 2.45) is 0 Å². The molecule has 11 heteroatoms. The van der Waals surface area contributed by atoms with Crippen LogP contribution in [0, 0.1) is 0 Å². The van der Waals surface area contributed by atoms with Gasteiger partial charge in [0.15, 0.2) is 26.8 Å². The molecule has 31 heavy (non-hydrogen) atoms. The summed E-state index contributed by atoms with van der Waals surface area (Å²) < 4.78 is 35.9. The first kappa shape index (κ1) is 22.6. The molecule has 3 heterocycles. The normalized spacial score (nSPS) is 17.5. The van der Waals surface area contributed by atoms with E-state index in [-0.39, 0.29) is 23.0 Å². The van der Waals surface area contributed by atoms with Crippen LogP contribution in [0.5, 0.6) is 5.75 Å². The van der Waals surface area contributed by atoms with Crippen molar-refractivity contribution in [3.8, 4) is 5.75 Å². The number of nitrogens with zero attached hydrogens (tertiary/aromatic N) is 3. The summed E-state index contributed by atoms with van der Waals surface area (Å²) in [6, 6.07) is 7.69. The molecule has 3 rings (SSSR count). The molecule has 166 valence electrons. The number of sulfone groups is 1. The van der Waals surface area contributed by atoms with Crippen molar-refractivity contribution < 1.29 is 27.5 Å². The predicted octanol–water partition coefficient (Wildman–Crippen LogP) is 1.10. The van der Waals surface area contributed by atoms with E-state index in [0.717, 1.165) is 17.7 Å². The van der Waals surface area contributed by atoms with E-state index in [9.17, 15) is 18.0 Å². The first-order valence-electron chi connectivity index (χ1n) is 9.65. The second kappa shape index (κ2) is 9.84. The Hall–Kier alpha value is -3.05. The Balaban J connectivity index is 1.90. The molecule has 1 N–H and O–H groups in total. The SMILES string of the molecule is COCCCCNC(=O)c1cccc(C2N(c3ncccc3OC)C(=O)CS2(=O)=O)n1.